The van der Waals surface area contributed by atoms with E-state index in [9.17, 15) is 0 Å². The summed E-state index contributed by atoms with van der Waals surface area (Å²) in [7, 11) is 1.89. The van der Waals surface area contributed by atoms with Gasteiger partial charge < -0.3 is 9.73 Å². The molecular weight excluding hydrogens is 276 g/mol. The first kappa shape index (κ1) is 10.9. The quantitative estimate of drug-likeness (QED) is 0.939. The van der Waals surface area contributed by atoms with E-state index in [0.717, 1.165) is 20.3 Å². The van der Waals surface area contributed by atoms with Gasteiger partial charge in [-0.2, -0.15) is 0 Å². The Balaban J connectivity index is 2.27. The average Bonchev–Trinajstić information content (AvgIpc) is 2.84. The molecule has 0 spiro atoms. The lowest BCUT2D eigenvalue weighted by Crippen LogP contribution is -2.12. The highest BCUT2D eigenvalue weighted by Crippen LogP contribution is 2.32. The van der Waals surface area contributed by atoms with Crippen molar-refractivity contribution in [3.8, 4) is 10.6 Å². The molecule has 1 atom stereocenters. The third-order valence-corrected chi connectivity index (χ3v) is 3.78. The number of rotatable bonds is 3. The molecule has 0 amide bonds. The number of nitrogens with one attached hydrogen (secondary N) is 1. The van der Waals surface area contributed by atoms with Gasteiger partial charge in [0.25, 0.3) is 0 Å². The van der Waals surface area contributed by atoms with Gasteiger partial charge in [0.05, 0.1) is 20.9 Å². The van der Waals surface area contributed by atoms with Crippen LogP contribution in [0.5, 0.6) is 0 Å². The predicted molar refractivity (Wildman–Crippen MR) is 65.0 cm³/mol. The molecule has 3 nitrogen and oxygen atoms in total. The minimum Gasteiger partial charge on any atom is -0.438 e. The summed E-state index contributed by atoms with van der Waals surface area (Å²) in [5.41, 5.74) is 0. The summed E-state index contributed by atoms with van der Waals surface area (Å²) in [4.78, 5) is 5.32. The van der Waals surface area contributed by atoms with Crippen LogP contribution in [0.25, 0.3) is 10.6 Å². The fraction of sp³-hybridized carbons (Fsp3) is 0.300. The zero-order valence-electron chi connectivity index (χ0n) is 8.45. The molecule has 1 unspecified atom stereocenters. The minimum atomic E-state index is 0.141. The van der Waals surface area contributed by atoms with Crippen molar-refractivity contribution < 1.29 is 4.42 Å². The Kier molecular flexibility index (Phi) is 3.23. The van der Waals surface area contributed by atoms with Crippen molar-refractivity contribution in [2.75, 3.05) is 7.05 Å². The lowest BCUT2D eigenvalue weighted by molar-refractivity contribution is 0.442. The lowest BCUT2D eigenvalue weighted by Gasteiger charge is -2.03. The van der Waals surface area contributed by atoms with Crippen LogP contribution in [0.3, 0.4) is 0 Å². The van der Waals surface area contributed by atoms with E-state index in [-0.39, 0.29) is 6.04 Å². The molecule has 15 heavy (non-hydrogen) atoms. The number of aromatic nitrogens is 1. The summed E-state index contributed by atoms with van der Waals surface area (Å²) in [5, 5.41) is 3.09. The molecule has 80 valence electrons. The van der Waals surface area contributed by atoms with E-state index in [4.69, 9.17) is 4.42 Å². The molecule has 5 heteroatoms. The summed E-state index contributed by atoms with van der Waals surface area (Å²) in [6.07, 6.45) is 1.77. The van der Waals surface area contributed by atoms with Crippen LogP contribution in [0.4, 0.5) is 0 Å². The molecule has 0 aliphatic heterocycles. The number of halogens is 1. The van der Waals surface area contributed by atoms with Gasteiger partial charge in [-0.05, 0) is 42.0 Å². The maximum absolute atomic E-state index is 5.65. The molecule has 0 aromatic carbocycles. The Morgan fingerprint density at radius 1 is 1.53 bits per heavy atom. The smallest absolute Gasteiger partial charge is 0.211 e. The lowest BCUT2D eigenvalue weighted by atomic mass is 10.3. The van der Waals surface area contributed by atoms with Crippen molar-refractivity contribution in [3.63, 3.8) is 0 Å². The number of hydrogen-bond donors (Lipinski definition) is 1. The van der Waals surface area contributed by atoms with Gasteiger partial charge in [0.1, 0.15) is 0 Å². The van der Waals surface area contributed by atoms with Crippen molar-refractivity contribution >= 4 is 27.3 Å². The fourth-order valence-electron chi connectivity index (χ4n) is 1.17. The molecule has 2 heterocycles. The first-order chi connectivity index (χ1) is 7.20. The van der Waals surface area contributed by atoms with Gasteiger partial charge in [0, 0.05) is 0 Å². The summed E-state index contributed by atoms with van der Waals surface area (Å²) < 4.78 is 6.75. The Morgan fingerprint density at radius 2 is 2.33 bits per heavy atom. The van der Waals surface area contributed by atoms with Gasteiger partial charge in [-0.3, -0.25) is 0 Å². The molecular formula is C10H11BrN2OS. The first-order valence-electron chi connectivity index (χ1n) is 4.59. The molecule has 1 N–H and O–H groups in total. The number of hydrogen-bond acceptors (Lipinski definition) is 4. The topological polar surface area (TPSA) is 38.1 Å². The molecule has 0 fully saturated rings. The van der Waals surface area contributed by atoms with E-state index in [2.05, 4.69) is 26.2 Å². The Hall–Kier alpha value is -0.650. The van der Waals surface area contributed by atoms with E-state index < -0.39 is 0 Å². The SMILES string of the molecule is CNC(C)c1ncc(-c2ccc(Br)s2)o1. The van der Waals surface area contributed by atoms with E-state index in [0.29, 0.717) is 0 Å². The van der Waals surface area contributed by atoms with Gasteiger partial charge in [0.15, 0.2) is 5.76 Å². The predicted octanol–water partition coefficient (Wildman–Crippen LogP) is 3.45. The minimum absolute atomic E-state index is 0.141. The second-order valence-corrected chi connectivity index (χ2v) is 5.64. The van der Waals surface area contributed by atoms with Gasteiger partial charge in [0.2, 0.25) is 5.89 Å². The molecule has 0 saturated heterocycles. The largest absolute Gasteiger partial charge is 0.438 e. The van der Waals surface area contributed by atoms with Crippen LogP contribution < -0.4 is 5.32 Å². The van der Waals surface area contributed by atoms with Crippen molar-refractivity contribution in [3.05, 3.63) is 28.0 Å². The highest BCUT2D eigenvalue weighted by molar-refractivity contribution is 9.11. The number of nitrogens with zero attached hydrogens (tertiary/aromatic N) is 1. The van der Waals surface area contributed by atoms with Crippen molar-refractivity contribution in [2.24, 2.45) is 0 Å². The average molecular weight is 287 g/mol. The van der Waals surface area contributed by atoms with E-state index in [1.807, 2.05) is 26.1 Å². The molecule has 2 aromatic heterocycles. The second-order valence-electron chi connectivity index (χ2n) is 3.18. The molecule has 0 saturated carbocycles. The Bertz CT molecular complexity index is 452. The third-order valence-electron chi connectivity index (χ3n) is 2.14. The van der Waals surface area contributed by atoms with Crippen molar-refractivity contribution in [2.45, 2.75) is 13.0 Å². The van der Waals surface area contributed by atoms with Gasteiger partial charge in [-0.1, -0.05) is 0 Å². The third kappa shape index (κ3) is 2.30. The summed E-state index contributed by atoms with van der Waals surface area (Å²) >= 11 is 5.06. The van der Waals surface area contributed by atoms with E-state index in [1.165, 1.54) is 0 Å². The Morgan fingerprint density at radius 3 is 2.93 bits per heavy atom. The van der Waals surface area contributed by atoms with Crippen LogP contribution in [-0.2, 0) is 0 Å². The van der Waals surface area contributed by atoms with Crippen LogP contribution in [0.2, 0.25) is 0 Å². The zero-order valence-corrected chi connectivity index (χ0v) is 10.9. The standard InChI is InChI=1S/C10H11BrN2OS/c1-6(12-2)10-13-5-7(14-10)8-3-4-9(11)15-8/h3-6,12H,1-2H3. The fourth-order valence-corrected chi connectivity index (χ4v) is 2.50. The van der Waals surface area contributed by atoms with Crippen LogP contribution in [0.15, 0.2) is 26.5 Å². The first-order valence-corrected chi connectivity index (χ1v) is 6.20. The number of thiophene rings is 1. The molecule has 2 aromatic rings. The monoisotopic (exact) mass is 286 g/mol. The maximum Gasteiger partial charge on any atom is 0.211 e. The maximum atomic E-state index is 5.65. The zero-order chi connectivity index (χ0) is 10.8. The van der Waals surface area contributed by atoms with Crippen LogP contribution in [-0.4, -0.2) is 12.0 Å². The van der Waals surface area contributed by atoms with Crippen LogP contribution in [0, 0.1) is 0 Å². The summed E-state index contributed by atoms with van der Waals surface area (Å²) in [6.45, 7) is 2.01. The molecule has 0 aliphatic rings. The van der Waals surface area contributed by atoms with Gasteiger partial charge in [-0.15, -0.1) is 11.3 Å². The van der Waals surface area contributed by atoms with Crippen molar-refractivity contribution in [1.29, 1.82) is 0 Å². The van der Waals surface area contributed by atoms with Crippen LogP contribution >= 0.6 is 27.3 Å². The normalized spacial score (nSPS) is 13.0. The highest BCUT2D eigenvalue weighted by atomic mass is 79.9. The molecule has 2 rings (SSSR count). The summed E-state index contributed by atoms with van der Waals surface area (Å²) in [5.74, 6) is 1.54. The number of oxazole rings is 1. The molecule has 0 radical (unpaired) electrons. The highest BCUT2D eigenvalue weighted by Gasteiger charge is 2.12. The van der Waals surface area contributed by atoms with Crippen molar-refractivity contribution in [1.82, 2.24) is 10.3 Å². The van der Waals surface area contributed by atoms with Crippen LogP contribution in [0.1, 0.15) is 18.9 Å². The second kappa shape index (κ2) is 4.47. The summed E-state index contributed by atoms with van der Waals surface area (Å²) in [6, 6.07) is 4.16. The van der Waals surface area contributed by atoms with Gasteiger partial charge in [-0.25, -0.2) is 4.98 Å². The molecule has 0 aliphatic carbocycles. The molecule has 0 bridgehead atoms. The Labute approximate surface area is 101 Å². The van der Waals surface area contributed by atoms with E-state index >= 15 is 0 Å². The van der Waals surface area contributed by atoms with Gasteiger partial charge >= 0.3 is 0 Å². The van der Waals surface area contributed by atoms with E-state index in [1.54, 1.807) is 17.5 Å².